The van der Waals surface area contributed by atoms with E-state index in [9.17, 15) is 10.1 Å². The number of carbonyl (C=O) groups is 2. The summed E-state index contributed by atoms with van der Waals surface area (Å²) in [4.78, 5) is 36.1. The van der Waals surface area contributed by atoms with E-state index in [2.05, 4.69) is 46.2 Å². The third-order valence-corrected chi connectivity index (χ3v) is 14.5. The number of hydrogen-bond acceptors (Lipinski definition) is 9. The lowest BCUT2D eigenvalue weighted by molar-refractivity contribution is -0.184. The van der Waals surface area contributed by atoms with Crippen LogP contribution >= 0.6 is 23.4 Å². The topological polar surface area (TPSA) is 101 Å². The molecule has 6 unspecified atom stereocenters. The van der Waals surface area contributed by atoms with Crippen LogP contribution in [0.4, 0.5) is 0 Å². The van der Waals surface area contributed by atoms with Crippen LogP contribution in [0.25, 0.3) is 0 Å². The van der Waals surface area contributed by atoms with Crippen molar-refractivity contribution in [1.29, 1.82) is 5.26 Å². The van der Waals surface area contributed by atoms with Gasteiger partial charge in [0.2, 0.25) is 5.91 Å². The number of likely N-dealkylation sites (tertiary alicyclic amines) is 1. The number of piperazine rings is 1. The minimum atomic E-state index is -0.528. The summed E-state index contributed by atoms with van der Waals surface area (Å²) in [6, 6.07) is 8.15. The van der Waals surface area contributed by atoms with E-state index in [0.29, 0.717) is 43.2 Å². The molecule has 4 heterocycles. The number of ether oxygens (including phenoxy) is 1. The van der Waals surface area contributed by atoms with E-state index < -0.39 is 16.8 Å². The lowest BCUT2D eigenvalue weighted by atomic mass is 9.62. The molecule has 1 amide bonds. The van der Waals surface area contributed by atoms with Crippen LogP contribution in [0.1, 0.15) is 82.6 Å². The van der Waals surface area contributed by atoms with Crippen molar-refractivity contribution >= 4 is 35.1 Å². The quantitative estimate of drug-likeness (QED) is 0.364. The molecule has 2 saturated carbocycles. The highest BCUT2D eigenvalue weighted by Crippen LogP contribution is 2.56. The summed E-state index contributed by atoms with van der Waals surface area (Å²) in [5.41, 5.74) is 0.688. The molecule has 0 radical (unpaired) electrons. The Morgan fingerprint density at radius 1 is 1.12 bits per heavy atom. The first kappa shape index (κ1) is 35.4. The molecule has 49 heavy (non-hydrogen) atoms. The predicted molar refractivity (Wildman–Crippen MR) is 193 cm³/mol. The molecule has 1 aromatic rings. The molecule has 3 saturated heterocycles. The van der Waals surface area contributed by atoms with Crippen molar-refractivity contribution in [1.82, 2.24) is 25.3 Å². The number of benzene rings is 1. The average Bonchev–Trinajstić information content (AvgIpc) is 3.67. The van der Waals surface area contributed by atoms with Crippen LogP contribution < -0.4 is 10.6 Å². The van der Waals surface area contributed by atoms with Crippen LogP contribution in [0.5, 0.6) is 0 Å². The summed E-state index contributed by atoms with van der Waals surface area (Å²) in [6.07, 6.45) is 14.1. The number of hydrogen-bond donors (Lipinski definition) is 2. The van der Waals surface area contributed by atoms with Crippen molar-refractivity contribution in [2.24, 2.45) is 11.8 Å². The summed E-state index contributed by atoms with van der Waals surface area (Å²) < 4.78 is 6.28. The molecule has 4 aliphatic heterocycles. The number of nitrogens with zero attached hydrogens (tertiary/aromatic N) is 4. The standard InChI is InChI=1S/C38H53ClN6O3S/c1-3-33(46)45-21-20-44(24-29(45)16-18-40)38(27-10-7-5-4-6-8-11-27)31-15-17-37(23-26-13-14-28(39)22-32(26)49-37)35(47)34(31)41-36(42-38)48-25-30-12-9-19-43(30)2/h3,13-14,22,27,29-31,34,36,41-42H,1,4-12,15-17,19-21,23-25H2,2H3/t29?,30?,31?,34?,36?,37-,38?/m0/s1. The predicted octanol–water partition coefficient (Wildman–Crippen LogP) is 5.33. The van der Waals surface area contributed by atoms with E-state index in [4.69, 9.17) is 16.3 Å². The van der Waals surface area contributed by atoms with Gasteiger partial charge in [-0.15, -0.1) is 11.8 Å². The van der Waals surface area contributed by atoms with Gasteiger partial charge in [0.05, 0.1) is 41.6 Å². The molecule has 1 spiro atoms. The van der Waals surface area contributed by atoms with Crippen molar-refractivity contribution in [2.45, 2.75) is 123 Å². The van der Waals surface area contributed by atoms with Crippen molar-refractivity contribution < 1.29 is 14.3 Å². The minimum absolute atomic E-state index is 0.0151. The zero-order valence-corrected chi connectivity index (χ0v) is 30.6. The van der Waals surface area contributed by atoms with Gasteiger partial charge < -0.3 is 14.5 Å². The maximum Gasteiger partial charge on any atom is 0.246 e. The fourth-order valence-electron chi connectivity index (χ4n) is 10.2. The Balaban J connectivity index is 1.27. The van der Waals surface area contributed by atoms with Gasteiger partial charge in [0, 0.05) is 41.5 Å². The SMILES string of the molecule is C=CC(=O)N1CCN(C2(C3CCCCCCC3)NC(OCC3CCCN3C)NC3C(=O)[C@]4(CCC32)Cc2ccc(Cl)cc2S4)CC1CC#N. The molecule has 7 rings (SSSR count). The number of likely N-dealkylation sites (N-methyl/N-ethyl adjacent to an activating group) is 1. The third-order valence-electron chi connectivity index (χ3n) is 12.7. The van der Waals surface area contributed by atoms with E-state index >= 15 is 4.79 Å². The van der Waals surface area contributed by atoms with Crippen molar-refractivity contribution in [3.05, 3.63) is 41.4 Å². The third kappa shape index (κ3) is 6.74. The van der Waals surface area contributed by atoms with Gasteiger partial charge in [-0.2, -0.15) is 5.26 Å². The fraction of sp³-hybridized carbons (Fsp3) is 0.711. The number of amides is 1. The Morgan fingerprint density at radius 3 is 2.65 bits per heavy atom. The highest BCUT2D eigenvalue weighted by Gasteiger charge is 2.63. The number of nitriles is 1. The Bertz CT molecular complexity index is 1450. The summed E-state index contributed by atoms with van der Waals surface area (Å²) in [6.45, 7) is 7.20. The number of ketones is 1. The Kier molecular flexibility index (Phi) is 10.8. The molecular weight excluding hydrogens is 656 g/mol. The largest absolute Gasteiger partial charge is 0.348 e. The number of thioether (sulfide) groups is 1. The number of Topliss-reactive ketones (excluding diaryl/α,β-unsaturated/α-hetero) is 1. The van der Waals surface area contributed by atoms with Gasteiger partial charge in [0.1, 0.15) is 0 Å². The molecule has 5 fully saturated rings. The monoisotopic (exact) mass is 708 g/mol. The molecule has 266 valence electrons. The number of rotatable bonds is 7. The summed E-state index contributed by atoms with van der Waals surface area (Å²) >= 11 is 8.15. The van der Waals surface area contributed by atoms with Crippen LogP contribution in [-0.4, -0.2) is 101 Å². The molecule has 0 bridgehead atoms. The zero-order chi connectivity index (χ0) is 34.2. The van der Waals surface area contributed by atoms with E-state index in [1.54, 1.807) is 11.8 Å². The molecule has 6 aliphatic rings. The second-order valence-corrected chi connectivity index (χ2v) is 17.2. The molecular formula is C38H53ClN6O3S. The lowest BCUT2D eigenvalue weighted by Crippen LogP contribution is -2.83. The van der Waals surface area contributed by atoms with Gasteiger partial charge in [0.25, 0.3) is 0 Å². The van der Waals surface area contributed by atoms with E-state index in [-0.39, 0.29) is 36.1 Å². The number of halogens is 1. The van der Waals surface area contributed by atoms with Crippen LogP contribution in [-0.2, 0) is 20.7 Å². The van der Waals surface area contributed by atoms with E-state index in [1.165, 1.54) is 37.3 Å². The number of carbonyl (C=O) groups excluding carboxylic acids is 2. The van der Waals surface area contributed by atoms with Gasteiger partial charge in [-0.25, -0.2) is 0 Å². The van der Waals surface area contributed by atoms with Crippen molar-refractivity contribution in [3.63, 3.8) is 0 Å². The van der Waals surface area contributed by atoms with Gasteiger partial charge in [-0.1, -0.05) is 56.4 Å². The van der Waals surface area contributed by atoms with Gasteiger partial charge in [-0.3, -0.25) is 25.1 Å². The van der Waals surface area contributed by atoms with Crippen molar-refractivity contribution in [3.8, 4) is 6.07 Å². The first-order valence-corrected chi connectivity index (χ1v) is 19.9. The molecule has 9 nitrogen and oxygen atoms in total. The van der Waals surface area contributed by atoms with Crippen molar-refractivity contribution in [2.75, 3.05) is 39.8 Å². The van der Waals surface area contributed by atoms with Crippen LogP contribution in [0, 0.1) is 23.2 Å². The van der Waals surface area contributed by atoms with Crippen LogP contribution in [0.3, 0.4) is 0 Å². The Hall–Kier alpha value is -1.97. The second-order valence-electron chi connectivity index (χ2n) is 15.4. The van der Waals surface area contributed by atoms with Gasteiger partial charge in [0.15, 0.2) is 12.1 Å². The summed E-state index contributed by atoms with van der Waals surface area (Å²) in [5.74, 6) is 0.478. The molecule has 7 atom stereocenters. The molecule has 11 heteroatoms. The van der Waals surface area contributed by atoms with Crippen LogP contribution in [0.15, 0.2) is 35.7 Å². The Labute approximate surface area is 301 Å². The van der Waals surface area contributed by atoms with Crippen LogP contribution in [0.2, 0.25) is 5.02 Å². The molecule has 2 N–H and O–H groups in total. The smallest absolute Gasteiger partial charge is 0.246 e. The number of fused-ring (bicyclic) bond motifs is 2. The second kappa shape index (κ2) is 14.9. The Morgan fingerprint density at radius 2 is 1.92 bits per heavy atom. The fourth-order valence-corrected chi connectivity index (χ4v) is 12.0. The molecule has 1 aromatic carbocycles. The van der Waals surface area contributed by atoms with E-state index in [1.807, 2.05) is 17.0 Å². The first-order valence-electron chi connectivity index (χ1n) is 18.7. The normalized spacial score (nSPS) is 36.1. The van der Waals surface area contributed by atoms with E-state index in [0.717, 1.165) is 62.8 Å². The average molecular weight is 709 g/mol. The maximum atomic E-state index is 15.2. The number of nitrogens with one attached hydrogen (secondary N) is 2. The molecule has 2 aliphatic carbocycles. The van der Waals surface area contributed by atoms with Gasteiger partial charge in [-0.05, 0) is 88.2 Å². The lowest BCUT2D eigenvalue weighted by Gasteiger charge is -2.63. The zero-order valence-electron chi connectivity index (χ0n) is 29.0. The van der Waals surface area contributed by atoms with Gasteiger partial charge >= 0.3 is 0 Å². The highest BCUT2D eigenvalue weighted by molar-refractivity contribution is 8.01. The maximum absolute atomic E-state index is 15.2. The summed E-state index contributed by atoms with van der Waals surface area (Å²) in [5, 5.41) is 18.5. The minimum Gasteiger partial charge on any atom is -0.348 e. The first-order chi connectivity index (χ1) is 23.8. The highest BCUT2D eigenvalue weighted by atomic mass is 35.5. The summed E-state index contributed by atoms with van der Waals surface area (Å²) in [7, 11) is 2.17. The molecule has 0 aromatic heterocycles.